The summed E-state index contributed by atoms with van der Waals surface area (Å²) in [6.07, 6.45) is 1.42. The van der Waals surface area contributed by atoms with Gasteiger partial charge in [0.25, 0.3) is 0 Å². The summed E-state index contributed by atoms with van der Waals surface area (Å²) in [6, 6.07) is 8.96. The number of carboxylic acid groups (broad SMARTS) is 1. The minimum Gasteiger partial charge on any atom is -0.478 e. The maximum atomic E-state index is 11.2. The van der Waals surface area contributed by atoms with Crippen LogP contribution in [0.15, 0.2) is 36.5 Å². The first-order chi connectivity index (χ1) is 9.47. The quantitative estimate of drug-likeness (QED) is 0.790. The third-order valence-electron chi connectivity index (χ3n) is 2.79. The second-order valence-electron chi connectivity index (χ2n) is 4.54. The third kappa shape index (κ3) is 2.97. The van der Waals surface area contributed by atoms with Crippen molar-refractivity contribution in [3.8, 4) is 0 Å². The van der Waals surface area contributed by atoms with E-state index >= 15 is 0 Å². The number of rotatable bonds is 4. The van der Waals surface area contributed by atoms with Crippen LogP contribution in [0.25, 0.3) is 0 Å². The van der Waals surface area contributed by atoms with E-state index in [1.807, 2.05) is 43.3 Å². The normalized spacial score (nSPS) is 10.1. The molecule has 0 saturated carbocycles. The van der Waals surface area contributed by atoms with Crippen LogP contribution in [0.1, 0.15) is 10.4 Å². The summed E-state index contributed by atoms with van der Waals surface area (Å²) >= 11 is 0. The van der Waals surface area contributed by atoms with E-state index in [9.17, 15) is 4.79 Å². The van der Waals surface area contributed by atoms with Crippen molar-refractivity contribution in [2.24, 2.45) is 0 Å². The lowest BCUT2D eigenvalue weighted by Crippen LogP contribution is -2.08. The average molecular weight is 272 g/mol. The van der Waals surface area contributed by atoms with Gasteiger partial charge in [-0.15, -0.1) is 0 Å². The second-order valence-corrected chi connectivity index (χ2v) is 4.54. The highest BCUT2D eigenvalue weighted by Crippen LogP contribution is 2.22. The Balaban J connectivity index is 2.28. The van der Waals surface area contributed by atoms with Crippen LogP contribution >= 0.6 is 0 Å². The number of hydrogen-bond donors (Lipinski definition) is 3. The number of pyridine rings is 1. The van der Waals surface area contributed by atoms with Crippen molar-refractivity contribution in [3.05, 3.63) is 42.1 Å². The summed E-state index contributed by atoms with van der Waals surface area (Å²) in [5.74, 6) is -0.804. The Labute approximate surface area is 116 Å². The summed E-state index contributed by atoms with van der Waals surface area (Å²) in [4.78, 5) is 17.2. The zero-order valence-corrected chi connectivity index (χ0v) is 11.3. The summed E-state index contributed by atoms with van der Waals surface area (Å²) in [6.45, 7) is 0. The lowest BCUT2D eigenvalue weighted by molar-refractivity contribution is 0.0697. The van der Waals surface area contributed by atoms with Gasteiger partial charge < -0.3 is 21.1 Å². The van der Waals surface area contributed by atoms with Gasteiger partial charge in [0.2, 0.25) is 0 Å². The largest absolute Gasteiger partial charge is 0.478 e. The number of nitrogens with two attached hydrogens (primary N) is 1. The Morgan fingerprint density at radius 2 is 1.95 bits per heavy atom. The van der Waals surface area contributed by atoms with E-state index < -0.39 is 5.97 Å². The van der Waals surface area contributed by atoms with Gasteiger partial charge in [-0.25, -0.2) is 9.78 Å². The molecule has 0 amide bonds. The summed E-state index contributed by atoms with van der Waals surface area (Å²) in [5.41, 5.74) is 7.73. The number of aromatic nitrogens is 1. The van der Waals surface area contributed by atoms with Gasteiger partial charge in [-0.2, -0.15) is 0 Å². The molecule has 2 aromatic rings. The lowest BCUT2D eigenvalue weighted by Gasteiger charge is -2.14. The Kier molecular flexibility index (Phi) is 3.74. The first-order valence-electron chi connectivity index (χ1n) is 6.00. The Bertz CT molecular complexity index is 624. The van der Waals surface area contributed by atoms with Crippen LogP contribution in [0.4, 0.5) is 22.9 Å². The van der Waals surface area contributed by atoms with Crippen molar-refractivity contribution in [2.45, 2.75) is 0 Å². The molecule has 1 aromatic carbocycles. The topological polar surface area (TPSA) is 91.5 Å². The monoisotopic (exact) mass is 272 g/mol. The van der Waals surface area contributed by atoms with E-state index in [2.05, 4.69) is 10.3 Å². The molecule has 20 heavy (non-hydrogen) atoms. The first kappa shape index (κ1) is 13.7. The van der Waals surface area contributed by atoms with Crippen LogP contribution in [0, 0.1) is 0 Å². The lowest BCUT2D eigenvalue weighted by atomic mass is 10.2. The van der Waals surface area contributed by atoms with Crippen molar-refractivity contribution in [2.75, 3.05) is 30.0 Å². The highest BCUT2D eigenvalue weighted by molar-refractivity contribution is 5.94. The number of carboxylic acids is 1. The van der Waals surface area contributed by atoms with Crippen molar-refractivity contribution >= 4 is 28.8 Å². The molecule has 0 saturated heterocycles. The predicted molar refractivity (Wildman–Crippen MR) is 79.7 cm³/mol. The predicted octanol–water partition coefficient (Wildman–Crippen LogP) is 2.17. The van der Waals surface area contributed by atoms with Gasteiger partial charge in [-0.05, 0) is 30.3 Å². The van der Waals surface area contributed by atoms with Gasteiger partial charge in [0.15, 0.2) is 0 Å². The molecule has 1 aromatic heterocycles. The van der Waals surface area contributed by atoms with Gasteiger partial charge in [-0.1, -0.05) is 0 Å². The molecular weight excluding hydrogens is 256 g/mol. The van der Waals surface area contributed by atoms with Gasteiger partial charge in [0.1, 0.15) is 11.4 Å². The standard InChI is InChI=1S/C14H16N4O2/c1-18(2)11-5-3-10(4-6-11)17-13-12(14(19)20)7-9(15)8-16-13/h3-8H,15H2,1-2H3,(H,16,17)(H,19,20). The molecule has 0 aliphatic carbocycles. The highest BCUT2D eigenvalue weighted by Gasteiger charge is 2.12. The van der Waals surface area contributed by atoms with Crippen molar-refractivity contribution in [3.63, 3.8) is 0 Å². The molecule has 0 bridgehead atoms. The van der Waals surface area contributed by atoms with Crippen molar-refractivity contribution in [1.82, 2.24) is 4.98 Å². The van der Waals surface area contributed by atoms with Crippen LogP contribution in [-0.2, 0) is 0 Å². The number of nitrogen functional groups attached to an aromatic ring is 1. The zero-order valence-electron chi connectivity index (χ0n) is 11.3. The van der Waals surface area contributed by atoms with E-state index in [4.69, 9.17) is 10.8 Å². The first-order valence-corrected chi connectivity index (χ1v) is 6.00. The SMILES string of the molecule is CN(C)c1ccc(Nc2ncc(N)cc2C(=O)O)cc1. The highest BCUT2D eigenvalue weighted by atomic mass is 16.4. The molecule has 0 spiro atoms. The minimum absolute atomic E-state index is 0.0432. The molecule has 0 unspecified atom stereocenters. The second kappa shape index (κ2) is 5.48. The van der Waals surface area contributed by atoms with Crippen LogP contribution in [0.3, 0.4) is 0 Å². The maximum Gasteiger partial charge on any atom is 0.339 e. The number of benzene rings is 1. The Morgan fingerprint density at radius 1 is 1.30 bits per heavy atom. The molecule has 4 N–H and O–H groups in total. The number of nitrogens with one attached hydrogen (secondary N) is 1. The molecule has 0 fully saturated rings. The zero-order chi connectivity index (χ0) is 14.7. The van der Waals surface area contributed by atoms with Crippen LogP contribution < -0.4 is 16.0 Å². The minimum atomic E-state index is -1.07. The fourth-order valence-electron chi connectivity index (χ4n) is 1.72. The molecule has 6 heteroatoms. The van der Waals surface area contributed by atoms with E-state index in [1.165, 1.54) is 12.3 Å². The van der Waals surface area contributed by atoms with E-state index in [0.717, 1.165) is 11.4 Å². The van der Waals surface area contributed by atoms with E-state index in [1.54, 1.807) is 0 Å². The Morgan fingerprint density at radius 3 is 2.50 bits per heavy atom. The van der Waals surface area contributed by atoms with Gasteiger partial charge in [-0.3, -0.25) is 0 Å². The fraction of sp³-hybridized carbons (Fsp3) is 0.143. The van der Waals surface area contributed by atoms with Crippen LogP contribution in [0.2, 0.25) is 0 Å². The van der Waals surface area contributed by atoms with Crippen LogP contribution in [-0.4, -0.2) is 30.2 Å². The maximum absolute atomic E-state index is 11.2. The van der Waals surface area contributed by atoms with Crippen molar-refractivity contribution < 1.29 is 9.90 Å². The van der Waals surface area contributed by atoms with Gasteiger partial charge in [0, 0.05) is 25.5 Å². The molecular formula is C14H16N4O2. The number of nitrogens with zero attached hydrogens (tertiary/aromatic N) is 2. The summed E-state index contributed by atoms with van der Waals surface area (Å²) in [5, 5.41) is 12.1. The molecule has 0 atom stereocenters. The number of aromatic carboxylic acids is 1. The molecule has 0 radical (unpaired) electrons. The summed E-state index contributed by atoms with van der Waals surface area (Å²) < 4.78 is 0. The number of hydrogen-bond acceptors (Lipinski definition) is 5. The van der Waals surface area contributed by atoms with Gasteiger partial charge in [0.05, 0.1) is 11.9 Å². The molecule has 0 aliphatic rings. The van der Waals surface area contributed by atoms with Gasteiger partial charge >= 0.3 is 5.97 Å². The molecule has 1 heterocycles. The number of carbonyl (C=O) groups is 1. The molecule has 2 rings (SSSR count). The van der Waals surface area contributed by atoms with Crippen molar-refractivity contribution in [1.29, 1.82) is 0 Å². The Hall–Kier alpha value is -2.76. The molecule has 6 nitrogen and oxygen atoms in total. The van der Waals surface area contributed by atoms with Crippen LogP contribution in [0.5, 0.6) is 0 Å². The smallest absolute Gasteiger partial charge is 0.339 e. The van der Waals surface area contributed by atoms with E-state index in [-0.39, 0.29) is 11.4 Å². The fourth-order valence-corrected chi connectivity index (χ4v) is 1.72. The molecule has 0 aliphatic heterocycles. The van der Waals surface area contributed by atoms with E-state index in [0.29, 0.717) is 5.69 Å². The summed E-state index contributed by atoms with van der Waals surface area (Å²) in [7, 11) is 3.90. The number of anilines is 4. The third-order valence-corrected chi connectivity index (χ3v) is 2.79. The molecule has 104 valence electrons. The average Bonchev–Trinajstić information content (AvgIpc) is 2.41.